The van der Waals surface area contributed by atoms with Gasteiger partial charge in [0, 0.05) is 31.6 Å². The number of carbonyl (C=O) groups is 2. The third-order valence-electron chi connectivity index (χ3n) is 6.14. The Balaban J connectivity index is 1.57. The zero-order valence-corrected chi connectivity index (χ0v) is 18.2. The standard InChI is InChI=1S/C23H27N3O4S/c24-22(27)21-15-18-7-3-4-8-19(18)16-26(21)23(28)17-9-11-20(12-10-17)31(29,30)25-13-5-1-2-6-14-25/h3-4,7-12,21H,1-2,5-6,13-16H2,(H2,24,27). The molecule has 4 rings (SSSR count). The van der Waals surface area contributed by atoms with Gasteiger partial charge in [-0.15, -0.1) is 0 Å². The van der Waals surface area contributed by atoms with E-state index in [4.69, 9.17) is 5.73 Å². The summed E-state index contributed by atoms with van der Waals surface area (Å²) in [5, 5.41) is 0. The molecule has 2 aromatic carbocycles. The molecule has 0 spiro atoms. The summed E-state index contributed by atoms with van der Waals surface area (Å²) in [6, 6.07) is 12.9. The van der Waals surface area contributed by atoms with E-state index in [1.807, 2.05) is 24.3 Å². The van der Waals surface area contributed by atoms with E-state index < -0.39 is 22.0 Å². The number of carbonyl (C=O) groups excluding carboxylic acids is 2. The van der Waals surface area contributed by atoms with Gasteiger partial charge >= 0.3 is 0 Å². The fourth-order valence-electron chi connectivity index (χ4n) is 4.36. The maximum Gasteiger partial charge on any atom is 0.254 e. The van der Waals surface area contributed by atoms with Gasteiger partial charge in [0.2, 0.25) is 15.9 Å². The molecule has 0 radical (unpaired) electrons. The fourth-order valence-corrected chi connectivity index (χ4v) is 5.87. The minimum atomic E-state index is -3.58. The molecule has 1 unspecified atom stereocenters. The number of rotatable bonds is 4. The van der Waals surface area contributed by atoms with Gasteiger partial charge < -0.3 is 10.6 Å². The molecule has 31 heavy (non-hydrogen) atoms. The largest absolute Gasteiger partial charge is 0.368 e. The van der Waals surface area contributed by atoms with Crippen LogP contribution in [0.4, 0.5) is 0 Å². The van der Waals surface area contributed by atoms with Gasteiger partial charge in [0.05, 0.1) is 4.90 Å². The highest BCUT2D eigenvalue weighted by Gasteiger charge is 2.34. The van der Waals surface area contributed by atoms with Crippen molar-refractivity contribution in [1.82, 2.24) is 9.21 Å². The first-order valence-electron chi connectivity index (χ1n) is 10.7. The first-order chi connectivity index (χ1) is 14.9. The van der Waals surface area contributed by atoms with Crippen molar-refractivity contribution < 1.29 is 18.0 Å². The molecule has 1 atom stereocenters. The summed E-state index contributed by atoms with van der Waals surface area (Å²) < 4.78 is 27.5. The van der Waals surface area contributed by atoms with Gasteiger partial charge in [-0.25, -0.2) is 8.42 Å². The smallest absolute Gasteiger partial charge is 0.254 e. The molecular weight excluding hydrogens is 414 g/mol. The van der Waals surface area contributed by atoms with Crippen molar-refractivity contribution in [1.29, 1.82) is 0 Å². The number of benzene rings is 2. The zero-order valence-electron chi connectivity index (χ0n) is 17.4. The molecule has 2 amide bonds. The molecule has 2 N–H and O–H groups in total. The van der Waals surface area contributed by atoms with Crippen molar-refractivity contribution in [2.45, 2.75) is 49.6 Å². The van der Waals surface area contributed by atoms with Gasteiger partial charge in [-0.2, -0.15) is 4.31 Å². The monoisotopic (exact) mass is 441 g/mol. The third-order valence-corrected chi connectivity index (χ3v) is 8.05. The minimum absolute atomic E-state index is 0.182. The second-order valence-corrected chi connectivity index (χ2v) is 10.1. The summed E-state index contributed by atoms with van der Waals surface area (Å²) >= 11 is 0. The highest BCUT2D eigenvalue weighted by atomic mass is 32.2. The van der Waals surface area contributed by atoms with E-state index in [2.05, 4.69) is 0 Å². The van der Waals surface area contributed by atoms with E-state index in [1.54, 1.807) is 0 Å². The molecule has 0 aliphatic carbocycles. The highest BCUT2D eigenvalue weighted by Crippen LogP contribution is 2.26. The van der Waals surface area contributed by atoms with Crippen LogP contribution in [0.5, 0.6) is 0 Å². The quantitative estimate of drug-likeness (QED) is 0.787. The molecule has 2 aliphatic heterocycles. The van der Waals surface area contributed by atoms with E-state index in [0.717, 1.165) is 36.8 Å². The molecule has 2 aromatic rings. The number of hydrogen-bond acceptors (Lipinski definition) is 4. The Morgan fingerprint density at radius 1 is 0.871 bits per heavy atom. The number of amides is 2. The Morgan fingerprint density at radius 2 is 1.48 bits per heavy atom. The average molecular weight is 442 g/mol. The number of nitrogens with zero attached hydrogens (tertiary/aromatic N) is 2. The number of sulfonamides is 1. The Kier molecular flexibility index (Phi) is 6.11. The molecule has 2 aliphatic rings. The number of hydrogen-bond donors (Lipinski definition) is 1. The molecule has 8 heteroatoms. The van der Waals surface area contributed by atoms with Crippen molar-refractivity contribution in [2.75, 3.05) is 13.1 Å². The lowest BCUT2D eigenvalue weighted by molar-refractivity contribution is -0.122. The molecule has 0 saturated carbocycles. The van der Waals surface area contributed by atoms with Crippen molar-refractivity contribution >= 4 is 21.8 Å². The van der Waals surface area contributed by atoms with Gasteiger partial charge in [-0.3, -0.25) is 9.59 Å². The molecule has 1 fully saturated rings. The summed E-state index contributed by atoms with van der Waals surface area (Å²) in [6.45, 7) is 1.34. The summed E-state index contributed by atoms with van der Waals surface area (Å²) in [7, 11) is -3.58. The first-order valence-corrected chi connectivity index (χ1v) is 12.1. The first kappa shape index (κ1) is 21.5. The molecule has 164 valence electrons. The van der Waals surface area contributed by atoms with Crippen molar-refractivity contribution in [3.8, 4) is 0 Å². The molecule has 7 nitrogen and oxygen atoms in total. The van der Waals surface area contributed by atoms with Crippen LogP contribution in [-0.2, 0) is 27.8 Å². The fraction of sp³-hybridized carbons (Fsp3) is 0.391. The van der Waals surface area contributed by atoms with Crippen LogP contribution in [0.25, 0.3) is 0 Å². The van der Waals surface area contributed by atoms with Crippen molar-refractivity contribution in [3.05, 3.63) is 65.2 Å². The number of fused-ring (bicyclic) bond motifs is 1. The van der Waals surface area contributed by atoms with E-state index in [9.17, 15) is 18.0 Å². The molecular formula is C23H27N3O4S. The van der Waals surface area contributed by atoms with Crippen molar-refractivity contribution in [2.24, 2.45) is 5.73 Å². The van der Waals surface area contributed by atoms with Gasteiger partial charge in [0.15, 0.2) is 0 Å². The second-order valence-electron chi connectivity index (χ2n) is 8.17. The summed E-state index contributed by atoms with van der Waals surface area (Å²) in [4.78, 5) is 26.9. The van der Waals surface area contributed by atoms with Crippen LogP contribution in [0, 0.1) is 0 Å². The Bertz CT molecular complexity index is 1070. The summed E-state index contributed by atoms with van der Waals surface area (Å²) in [6.07, 6.45) is 4.18. The van der Waals surface area contributed by atoms with E-state index in [1.165, 1.54) is 33.5 Å². The molecule has 0 bridgehead atoms. The summed E-state index contributed by atoms with van der Waals surface area (Å²) in [5.41, 5.74) is 7.91. The lowest BCUT2D eigenvalue weighted by atomic mass is 9.93. The predicted octanol–water partition coefficient (Wildman–Crippen LogP) is 2.30. The van der Waals surface area contributed by atoms with Crippen LogP contribution in [0.1, 0.15) is 47.2 Å². The summed E-state index contributed by atoms with van der Waals surface area (Å²) in [5.74, 6) is -0.889. The van der Waals surface area contributed by atoms with Gasteiger partial charge in [-0.05, 0) is 48.2 Å². The lowest BCUT2D eigenvalue weighted by Crippen LogP contribution is -2.51. The predicted molar refractivity (Wildman–Crippen MR) is 117 cm³/mol. The zero-order chi connectivity index (χ0) is 22.0. The Labute approximate surface area is 182 Å². The minimum Gasteiger partial charge on any atom is -0.368 e. The van der Waals surface area contributed by atoms with Gasteiger partial charge in [0.25, 0.3) is 5.91 Å². The van der Waals surface area contributed by atoms with Crippen LogP contribution >= 0.6 is 0 Å². The van der Waals surface area contributed by atoms with E-state index in [-0.39, 0.29) is 17.3 Å². The maximum atomic E-state index is 13.2. The normalized spacial score (nSPS) is 20.0. The van der Waals surface area contributed by atoms with Crippen LogP contribution in [0.3, 0.4) is 0 Å². The van der Waals surface area contributed by atoms with Crippen LogP contribution < -0.4 is 5.73 Å². The second kappa shape index (κ2) is 8.80. The average Bonchev–Trinajstić information content (AvgIpc) is 3.08. The van der Waals surface area contributed by atoms with E-state index >= 15 is 0 Å². The van der Waals surface area contributed by atoms with E-state index in [0.29, 0.717) is 25.1 Å². The number of primary amides is 1. The Hall–Kier alpha value is -2.71. The van der Waals surface area contributed by atoms with Crippen LogP contribution in [0.2, 0.25) is 0 Å². The topological polar surface area (TPSA) is 101 Å². The molecule has 1 saturated heterocycles. The van der Waals surface area contributed by atoms with Gasteiger partial charge in [-0.1, -0.05) is 37.1 Å². The molecule has 0 aromatic heterocycles. The maximum absolute atomic E-state index is 13.2. The SMILES string of the molecule is NC(=O)C1Cc2ccccc2CN1C(=O)c1ccc(S(=O)(=O)N2CCCCCC2)cc1. The Morgan fingerprint density at radius 3 is 2.10 bits per heavy atom. The lowest BCUT2D eigenvalue weighted by Gasteiger charge is -2.35. The third kappa shape index (κ3) is 4.36. The molecule has 2 heterocycles. The van der Waals surface area contributed by atoms with Gasteiger partial charge in [0.1, 0.15) is 6.04 Å². The van der Waals surface area contributed by atoms with Crippen molar-refractivity contribution in [3.63, 3.8) is 0 Å². The highest BCUT2D eigenvalue weighted by molar-refractivity contribution is 7.89. The number of nitrogens with two attached hydrogens (primary N) is 1. The van der Waals surface area contributed by atoms with Crippen LogP contribution in [-0.4, -0.2) is 48.6 Å². The van der Waals surface area contributed by atoms with Crippen LogP contribution in [0.15, 0.2) is 53.4 Å².